The van der Waals surface area contributed by atoms with Crippen molar-refractivity contribution in [3.8, 4) is 0 Å². The molecule has 2 aromatic carbocycles. The van der Waals surface area contributed by atoms with E-state index >= 15 is 0 Å². The number of nitrogens with one attached hydrogen (secondary N) is 1. The summed E-state index contributed by atoms with van der Waals surface area (Å²) in [5.74, 6) is -0.616. The summed E-state index contributed by atoms with van der Waals surface area (Å²) in [6.07, 6.45) is 3.30. The summed E-state index contributed by atoms with van der Waals surface area (Å²) < 4.78 is 4.68. The number of amides is 1. The van der Waals surface area contributed by atoms with Crippen LogP contribution in [-0.2, 0) is 9.53 Å². The Bertz CT molecular complexity index is 807. The fourth-order valence-electron chi connectivity index (χ4n) is 2.40. The largest absolute Gasteiger partial charge is 0.465 e. The number of rotatable bonds is 4. The first kappa shape index (κ1) is 17.5. The number of hydrogen-bond donors (Lipinski definition) is 1. The molecular formula is C20H21NO3. The molecule has 0 unspecified atom stereocenters. The lowest BCUT2D eigenvalue weighted by Gasteiger charge is -2.08. The van der Waals surface area contributed by atoms with Gasteiger partial charge in [0.2, 0.25) is 5.91 Å². The minimum atomic E-state index is -0.397. The number of hydrogen-bond acceptors (Lipinski definition) is 3. The third-order valence-corrected chi connectivity index (χ3v) is 3.74. The molecule has 0 saturated heterocycles. The zero-order valence-electron chi connectivity index (χ0n) is 14.3. The Kier molecular flexibility index (Phi) is 5.53. The minimum absolute atomic E-state index is 0.219. The summed E-state index contributed by atoms with van der Waals surface area (Å²) >= 11 is 0. The van der Waals surface area contributed by atoms with Gasteiger partial charge < -0.3 is 10.1 Å². The molecule has 0 saturated carbocycles. The average molecular weight is 323 g/mol. The third-order valence-electron chi connectivity index (χ3n) is 3.74. The van der Waals surface area contributed by atoms with E-state index in [0.717, 1.165) is 16.7 Å². The zero-order valence-corrected chi connectivity index (χ0v) is 14.3. The van der Waals surface area contributed by atoms with Gasteiger partial charge in [0.25, 0.3) is 0 Å². The van der Waals surface area contributed by atoms with Crippen molar-refractivity contribution in [3.63, 3.8) is 0 Å². The topological polar surface area (TPSA) is 55.4 Å². The Morgan fingerprint density at radius 2 is 1.75 bits per heavy atom. The molecule has 1 N–H and O–H groups in total. The van der Waals surface area contributed by atoms with Crippen LogP contribution in [0.2, 0.25) is 0 Å². The molecule has 0 fully saturated rings. The van der Waals surface area contributed by atoms with Crippen LogP contribution in [0.5, 0.6) is 0 Å². The number of aryl methyl sites for hydroxylation is 3. The van der Waals surface area contributed by atoms with Crippen LogP contribution in [-0.4, -0.2) is 19.0 Å². The van der Waals surface area contributed by atoms with Crippen LogP contribution >= 0.6 is 0 Å². The fraction of sp³-hybridized carbons (Fsp3) is 0.200. The van der Waals surface area contributed by atoms with E-state index in [2.05, 4.69) is 16.1 Å². The fourth-order valence-corrected chi connectivity index (χ4v) is 2.40. The molecule has 124 valence electrons. The predicted octanol–water partition coefficient (Wildman–Crippen LogP) is 4.05. The van der Waals surface area contributed by atoms with Gasteiger partial charge in [0.15, 0.2) is 0 Å². The van der Waals surface area contributed by atoms with Crippen molar-refractivity contribution in [2.75, 3.05) is 12.4 Å². The van der Waals surface area contributed by atoms with Gasteiger partial charge in [-0.2, -0.15) is 0 Å². The molecular weight excluding hydrogens is 302 g/mol. The second-order valence-corrected chi connectivity index (χ2v) is 5.70. The van der Waals surface area contributed by atoms with E-state index in [1.807, 2.05) is 32.9 Å². The van der Waals surface area contributed by atoms with Crippen molar-refractivity contribution in [2.45, 2.75) is 20.8 Å². The second kappa shape index (κ2) is 7.59. The lowest BCUT2D eigenvalue weighted by Crippen LogP contribution is -2.10. The molecule has 0 aliphatic heterocycles. The molecule has 0 aliphatic rings. The summed E-state index contributed by atoms with van der Waals surface area (Å²) in [4.78, 5) is 23.6. The zero-order chi connectivity index (χ0) is 17.7. The second-order valence-electron chi connectivity index (χ2n) is 5.70. The maximum absolute atomic E-state index is 12.1. The van der Waals surface area contributed by atoms with E-state index in [4.69, 9.17) is 0 Å². The molecule has 2 rings (SSSR count). The predicted molar refractivity (Wildman–Crippen MR) is 96.1 cm³/mol. The molecule has 0 aromatic heterocycles. The van der Waals surface area contributed by atoms with Crippen LogP contribution < -0.4 is 5.32 Å². The third kappa shape index (κ3) is 4.32. The standard InChI is InChI=1S/C20H21NO3/c1-13-5-6-16(14(2)11-13)8-10-19(22)21-18-9-7-17(12-15(18)3)20(23)24-4/h5-12H,1-4H3,(H,21,22)/b10-8+. The van der Waals surface area contributed by atoms with Crippen molar-refractivity contribution in [1.29, 1.82) is 0 Å². The summed E-state index contributed by atoms with van der Waals surface area (Å²) in [6, 6.07) is 11.1. The highest BCUT2D eigenvalue weighted by atomic mass is 16.5. The molecule has 0 atom stereocenters. The summed E-state index contributed by atoms with van der Waals surface area (Å²) in [7, 11) is 1.34. The number of anilines is 1. The number of carbonyl (C=O) groups excluding carboxylic acids is 2. The summed E-state index contributed by atoms with van der Waals surface area (Å²) in [5.41, 5.74) is 5.24. The van der Waals surface area contributed by atoms with Crippen molar-refractivity contribution in [3.05, 3.63) is 70.3 Å². The van der Waals surface area contributed by atoms with Crippen LogP contribution in [0.15, 0.2) is 42.5 Å². The first-order chi connectivity index (χ1) is 11.4. The van der Waals surface area contributed by atoms with Gasteiger partial charge in [-0.15, -0.1) is 0 Å². The SMILES string of the molecule is COC(=O)c1ccc(NC(=O)/C=C/c2ccc(C)cc2C)c(C)c1. The van der Waals surface area contributed by atoms with Crippen molar-refractivity contribution in [2.24, 2.45) is 0 Å². The van der Waals surface area contributed by atoms with Crippen LogP contribution in [0, 0.1) is 20.8 Å². The molecule has 4 heteroatoms. The molecule has 2 aromatic rings. The van der Waals surface area contributed by atoms with E-state index in [1.54, 1.807) is 24.3 Å². The Morgan fingerprint density at radius 3 is 2.38 bits per heavy atom. The number of esters is 1. The summed E-state index contributed by atoms with van der Waals surface area (Å²) in [5, 5.41) is 2.82. The number of ether oxygens (including phenoxy) is 1. The maximum atomic E-state index is 12.1. The Morgan fingerprint density at radius 1 is 1.00 bits per heavy atom. The summed E-state index contributed by atoms with van der Waals surface area (Å²) in [6.45, 7) is 5.88. The molecule has 24 heavy (non-hydrogen) atoms. The van der Waals surface area contributed by atoms with E-state index < -0.39 is 5.97 Å². The molecule has 0 heterocycles. The minimum Gasteiger partial charge on any atom is -0.465 e. The van der Waals surface area contributed by atoms with E-state index in [9.17, 15) is 9.59 Å². The van der Waals surface area contributed by atoms with Gasteiger partial charge in [0.05, 0.1) is 12.7 Å². The van der Waals surface area contributed by atoms with Gasteiger partial charge in [-0.3, -0.25) is 4.79 Å². The molecule has 4 nitrogen and oxygen atoms in total. The van der Waals surface area contributed by atoms with E-state index in [1.165, 1.54) is 18.7 Å². The number of carbonyl (C=O) groups is 2. The van der Waals surface area contributed by atoms with Gasteiger partial charge in [0, 0.05) is 11.8 Å². The smallest absolute Gasteiger partial charge is 0.337 e. The molecule has 0 aliphatic carbocycles. The normalized spacial score (nSPS) is 10.7. The molecule has 0 spiro atoms. The van der Waals surface area contributed by atoms with Crippen LogP contribution in [0.1, 0.15) is 32.6 Å². The van der Waals surface area contributed by atoms with Crippen LogP contribution in [0.3, 0.4) is 0 Å². The molecule has 0 bridgehead atoms. The van der Waals surface area contributed by atoms with Gasteiger partial charge in [-0.25, -0.2) is 4.79 Å². The van der Waals surface area contributed by atoms with Crippen LogP contribution in [0.4, 0.5) is 5.69 Å². The van der Waals surface area contributed by atoms with Crippen molar-refractivity contribution < 1.29 is 14.3 Å². The Hall–Kier alpha value is -2.88. The average Bonchev–Trinajstić information content (AvgIpc) is 2.55. The lowest BCUT2D eigenvalue weighted by molar-refractivity contribution is -0.111. The van der Waals surface area contributed by atoms with Crippen molar-refractivity contribution in [1.82, 2.24) is 0 Å². The Labute approximate surface area is 142 Å². The van der Waals surface area contributed by atoms with Gasteiger partial charge in [-0.1, -0.05) is 23.8 Å². The quantitative estimate of drug-likeness (QED) is 0.682. The molecule has 1 amide bonds. The maximum Gasteiger partial charge on any atom is 0.337 e. The number of benzene rings is 2. The highest BCUT2D eigenvalue weighted by Crippen LogP contribution is 2.18. The lowest BCUT2D eigenvalue weighted by atomic mass is 10.1. The van der Waals surface area contributed by atoms with Gasteiger partial charge in [0.1, 0.15) is 0 Å². The van der Waals surface area contributed by atoms with Crippen LogP contribution in [0.25, 0.3) is 6.08 Å². The van der Waals surface area contributed by atoms with Gasteiger partial charge >= 0.3 is 5.97 Å². The van der Waals surface area contributed by atoms with Gasteiger partial charge in [-0.05, 0) is 61.7 Å². The first-order valence-corrected chi connectivity index (χ1v) is 7.66. The monoisotopic (exact) mass is 323 g/mol. The number of methoxy groups -OCH3 is 1. The molecule has 0 radical (unpaired) electrons. The highest BCUT2D eigenvalue weighted by Gasteiger charge is 2.08. The Balaban J connectivity index is 2.09. The van der Waals surface area contributed by atoms with E-state index in [0.29, 0.717) is 11.3 Å². The van der Waals surface area contributed by atoms with Crippen molar-refractivity contribution >= 4 is 23.6 Å². The van der Waals surface area contributed by atoms with E-state index in [-0.39, 0.29) is 5.91 Å². The first-order valence-electron chi connectivity index (χ1n) is 7.66. The highest BCUT2D eigenvalue weighted by molar-refractivity contribution is 6.02.